The van der Waals surface area contributed by atoms with Crippen LogP contribution in [0.25, 0.3) is 16.6 Å². The highest BCUT2D eigenvalue weighted by Gasteiger charge is 2.22. The minimum Gasteiger partial charge on any atom is -0.378 e. The standard InChI is InChI=1S/C26H24FN5O3/c1-17(19-4-3-9-28-16-19)29-24(33)18-7-8-22-23(14-18)30-26(31-10-12-35-13-11-31)32(25(22)34)21-6-2-5-20(27)15-21/h2-9,14-17H,10-13H2,1H3,(H,29,33)/t17-/m0/s1. The highest BCUT2D eigenvalue weighted by atomic mass is 19.1. The summed E-state index contributed by atoms with van der Waals surface area (Å²) < 4.78 is 20.9. The Bertz CT molecular complexity index is 1430. The van der Waals surface area contributed by atoms with Gasteiger partial charge in [-0.05, 0) is 55.0 Å². The van der Waals surface area contributed by atoms with Gasteiger partial charge in [-0.1, -0.05) is 12.1 Å². The summed E-state index contributed by atoms with van der Waals surface area (Å²) in [5.41, 5.74) is 1.71. The lowest BCUT2D eigenvalue weighted by molar-refractivity contribution is 0.0940. The summed E-state index contributed by atoms with van der Waals surface area (Å²) in [5.74, 6) is -0.345. The second kappa shape index (κ2) is 9.63. The molecule has 35 heavy (non-hydrogen) atoms. The molecule has 0 saturated carbocycles. The van der Waals surface area contributed by atoms with Crippen molar-refractivity contribution in [2.75, 3.05) is 31.2 Å². The summed E-state index contributed by atoms with van der Waals surface area (Å²) in [5, 5.41) is 3.29. The molecule has 1 fully saturated rings. The van der Waals surface area contributed by atoms with Crippen molar-refractivity contribution >= 4 is 22.8 Å². The maximum Gasteiger partial charge on any atom is 0.267 e. The number of rotatable bonds is 5. The third-order valence-electron chi connectivity index (χ3n) is 6.01. The van der Waals surface area contributed by atoms with Crippen LogP contribution in [0.1, 0.15) is 28.9 Å². The molecule has 8 nitrogen and oxygen atoms in total. The quantitative estimate of drug-likeness (QED) is 0.479. The van der Waals surface area contributed by atoms with Crippen LogP contribution in [0.5, 0.6) is 0 Å². The van der Waals surface area contributed by atoms with Crippen molar-refractivity contribution in [2.24, 2.45) is 0 Å². The molecule has 0 radical (unpaired) electrons. The normalized spacial score (nSPS) is 14.6. The molecular weight excluding hydrogens is 449 g/mol. The third-order valence-corrected chi connectivity index (χ3v) is 6.01. The summed E-state index contributed by atoms with van der Waals surface area (Å²) in [6.45, 7) is 3.94. The van der Waals surface area contributed by atoms with Crippen LogP contribution in [0.15, 0.2) is 71.8 Å². The molecular formula is C26H24FN5O3. The van der Waals surface area contributed by atoms with Gasteiger partial charge in [-0.3, -0.25) is 14.6 Å². The zero-order valence-electron chi connectivity index (χ0n) is 19.1. The Balaban J connectivity index is 1.57. The van der Waals surface area contributed by atoms with Gasteiger partial charge in [0.1, 0.15) is 5.82 Å². The number of halogens is 1. The van der Waals surface area contributed by atoms with Gasteiger partial charge in [-0.25, -0.2) is 13.9 Å². The Morgan fingerprint density at radius 3 is 2.69 bits per heavy atom. The molecule has 0 aliphatic carbocycles. The smallest absolute Gasteiger partial charge is 0.267 e. The van der Waals surface area contributed by atoms with Gasteiger partial charge in [0.05, 0.1) is 35.8 Å². The highest BCUT2D eigenvalue weighted by Crippen LogP contribution is 2.22. The molecule has 1 atom stereocenters. The predicted octanol–water partition coefficient (Wildman–Crippen LogP) is 3.25. The van der Waals surface area contributed by atoms with Gasteiger partial charge >= 0.3 is 0 Å². The van der Waals surface area contributed by atoms with Crippen molar-refractivity contribution in [1.82, 2.24) is 19.9 Å². The summed E-state index contributed by atoms with van der Waals surface area (Å²) in [7, 11) is 0. The van der Waals surface area contributed by atoms with E-state index in [1.165, 1.54) is 16.7 Å². The number of carbonyl (C=O) groups excluding carboxylic acids is 1. The van der Waals surface area contributed by atoms with E-state index in [2.05, 4.69) is 10.3 Å². The molecule has 1 N–H and O–H groups in total. The molecule has 3 heterocycles. The van der Waals surface area contributed by atoms with E-state index in [1.807, 2.05) is 24.0 Å². The maximum absolute atomic E-state index is 14.0. The van der Waals surface area contributed by atoms with Crippen LogP contribution in [-0.4, -0.2) is 46.7 Å². The first-order valence-electron chi connectivity index (χ1n) is 11.4. The minimum absolute atomic E-state index is 0.246. The summed E-state index contributed by atoms with van der Waals surface area (Å²) in [4.78, 5) is 37.3. The van der Waals surface area contributed by atoms with Crippen LogP contribution in [-0.2, 0) is 4.74 Å². The van der Waals surface area contributed by atoms with Crippen molar-refractivity contribution in [3.05, 3.63) is 94.3 Å². The molecule has 1 aliphatic heterocycles. The molecule has 2 aromatic heterocycles. The zero-order chi connectivity index (χ0) is 24.4. The molecule has 2 aromatic carbocycles. The van der Waals surface area contributed by atoms with Gasteiger partial charge < -0.3 is 15.0 Å². The maximum atomic E-state index is 14.0. The first-order chi connectivity index (χ1) is 17.0. The number of hydrogen-bond acceptors (Lipinski definition) is 6. The van der Waals surface area contributed by atoms with E-state index in [1.54, 1.807) is 42.7 Å². The first kappa shape index (κ1) is 22.7. The Morgan fingerprint density at radius 1 is 1.11 bits per heavy atom. The molecule has 1 saturated heterocycles. The van der Waals surface area contributed by atoms with Crippen molar-refractivity contribution in [2.45, 2.75) is 13.0 Å². The molecule has 1 aliphatic rings. The monoisotopic (exact) mass is 473 g/mol. The number of aromatic nitrogens is 3. The van der Waals surface area contributed by atoms with E-state index in [4.69, 9.17) is 9.72 Å². The number of fused-ring (bicyclic) bond motifs is 1. The van der Waals surface area contributed by atoms with Crippen molar-refractivity contribution < 1.29 is 13.9 Å². The van der Waals surface area contributed by atoms with Gasteiger partial charge in [0.2, 0.25) is 5.95 Å². The number of anilines is 1. The summed E-state index contributed by atoms with van der Waals surface area (Å²) >= 11 is 0. The van der Waals surface area contributed by atoms with E-state index < -0.39 is 5.82 Å². The second-order valence-electron chi connectivity index (χ2n) is 8.35. The summed E-state index contributed by atoms with van der Waals surface area (Å²) in [6.07, 6.45) is 3.38. The Morgan fingerprint density at radius 2 is 1.94 bits per heavy atom. The van der Waals surface area contributed by atoms with Crippen LogP contribution in [0, 0.1) is 5.82 Å². The van der Waals surface area contributed by atoms with Crippen molar-refractivity contribution in [1.29, 1.82) is 0 Å². The average molecular weight is 474 g/mol. The average Bonchev–Trinajstić information content (AvgIpc) is 2.89. The van der Waals surface area contributed by atoms with Crippen LogP contribution in [0.2, 0.25) is 0 Å². The number of amides is 1. The number of hydrogen-bond donors (Lipinski definition) is 1. The van der Waals surface area contributed by atoms with Gasteiger partial charge in [0.25, 0.3) is 11.5 Å². The van der Waals surface area contributed by atoms with Crippen LogP contribution in [0.4, 0.5) is 10.3 Å². The Kier molecular flexibility index (Phi) is 6.24. The third kappa shape index (κ3) is 4.63. The molecule has 0 bridgehead atoms. The van der Waals surface area contributed by atoms with E-state index in [0.717, 1.165) is 5.56 Å². The zero-order valence-corrected chi connectivity index (χ0v) is 19.1. The van der Waals surface area contributed by atoms with Gasteiger partial charge in [-0.2, -0.15) is 0 Å². The van der Waals surface area contributed by atoms with Crippen LogP contribution < -0.4 is 15.8 Å². The SMILES string of the molecule is C[C@H](NC(=O)c1ccc2c(=O)n(-c3cccc(F)c3)c(N3CCOCC3)nc2c1)c1cccnc1. The minimum atomic E-state index is -0.447. The Hall–Kier alpha value is -4.11. The van der Waals surface area contributed by atoms with Crippen molar-refractivity contribution in [3.63, 3.8) is 0 Å². The largest absolute Gasteiger partial charge is 0.378 e. The van der Waals surface area contributed by atoms with Gasteiger partial charge in [-0.15, -0.1) is 0 Å². The van der Waals surface area contributed by atoms with Crippen molar-refractivity contribution in [3.8, 4) is 5.69 Å². The van der Waals surface area contributed by atoms with E-state index >= 15 is 0 Å². The Labute approximate surface area is 201 Å². The summed E-state index contributed by atoms with van der Waals surface area (Å²) in [6, 6.07) is 14.1. The molecule has 5 rings (SSSR count). The molecule has 1 amide bonds. The first-order valence-corrected chi connectivity index (χ1v) is 11.4. The molecule has 0 spiro atoms. The van der Waals surface area contributed by atoms with Crippen LogP contribution >= 0.6 is 0 Å². The number of nitrogens with zero attached hydrogens (tertiary/aromatic N) is 4. The number of carbonyl (C=O) groups is 1. The van der Waals surface area contributed by atoms with Gasteiger partial charge in [0.15, 0.2) is 0 Å². The topological polar surface area (TPSA) is 89.4 Å². The fraction of sp³-hybridized carbons (Fsp3) is 0.231. The molecule has 178 valence electrons. The lowest BCUT2D eigenvalue weighted by atomic mass is 10.1. The molecule has 4 aromatic rings. The lowest BCUT2D eigenvalue weighted by Crippen LogP contribution is -2.40. The number of nitrogens with one attached hydrogen (secondary N) is 1. The predicted molar refractivity (Wildman–Crippen MR) is 130 cm³/mol. The van der Waals surface area contributed by atoms with Gasteiger partial charge in [0, 0.05) is 31.0 Å². The fourth-order valence-corrected chi connectivity index (χ4v) is 4.13. The number of pyridine rings is 1. The highest BCUT2D eigenvalue weighted by molar-refractivity contribution is 5.98. The lowest BCUT2D eigenvalue weighted by Gasteiger charge is -2.30. The fourth-order valence-electron chi connectivity index (χ4n) is 4.13. The molecule has 0 unspecified atom stereocenters. The van der Waals surface area contributed by atoms with E-state index in [9.17, 15) is 14.0 Å². The van der Waals surface area contributed by atoms with E-state index in [-0.39, 0.29) is 17.5 Å². The van der Waals surface area contributed by atoms with Crippen LogP contribution in [0.3, 0.4) is 0 Å². The number of benzene rings is 2. The second-order valence-corrected chi connectivity index (χ2v) is 8.35. The number of morpholine rings is 1. The number of ether oxygens (including phenoxy) is 1. The molecule has 9 heteroatoms. The van der Waals surface area contributed by atoms with E-state index in [0.29, 0.717) is 54.4 Å².